The minimum absolute atomic E-state index is 0.0579. The highest BCUT2D eigenvalue weighted by molar-refractivity contribution is 5.92. The zero-order valence-corrected chi connectivity index (χ0v) is 14.4. The van der Waals surface area contributed by atoms with Gasteiger partial charge in [0.1, 0.15) is 17.1 Å². The molecule has 0 radical (unpaired) electrons. The number of ether oxygens (including phenoxy) is 2. The monoisotopic (exact) mass is 374 g/mol. The van der Waals surface area contributed by atoms with Gasteiger partial charge in [-0.3, -0.25) is 0 Å². The van der Waals surface area contributed by atoms with Crippen LogP contribution in [0, 0.1) is 0 Å². The van der Waals surface area contributed by atoms with Gasteiger partial charge in [0, 0.05) is 17.5 Å². The average Bonchev–Trinajstić information content (AvgIpc) is 2.61. The maximum Gasteiger partial charge on any atom is 0.387 e. The number of carbonyl (C=O) groups is 1. The molecule has 7 heteroatoms. The molecule has 1 heterocycles. The molecule has 1 aromatic heterocycles. The molecule has 0 spiro atoms. The Hall–Kier alpha value is -3.22. The summed E-state index contributed by atoms with van der Waals surface area (Å²) >= 11 is 0. The Labute approximate surface area is 153 Å². The van der Waals surface area contributed by atoms with Crippen molar-refractivity contribution < 1.29 is 27.5 Å². The number of hydrogen-bond acceptors (Lipinski definition) is 5. The van der Waals surface area contributed by atoms with E-state index in [-0.39, 0.29) is 17.1 Å². The number of esters is 1. The van der Waals surface area contributed by atoms with Crippen LogP contribution in [0.2, 0.25) is 0 Å². The summed E-state index contributed by atoms with van der Waals surface area (Å²) in [6.07, 6.45) is 1.61. The lowest BCUT2D eigenvalue weighted by atomic mass is 10.1. The molecule has 5 nitrogen and oxygen atoms in total. The summed E-state index contributed by atoms with van der Waals surface area (Å²) in [4.78, 5) is 23.9. The molecule has 0 saturated carbocycles. The molecular weight excluding hydrogens is 358 g/mol. The van der Waals surface area contributed by atoms with E-state index in [0.717, 1.165) is 23.8 Å². The number of aryl methyl sites for hydroxylation is 1. The molecule has 0 N–H and O–H groups in total. The van der Waals surface area contributed by atoms with E-state index in [2.05, 4.69) is 4.74 Å². The van der Waals surface area contributed by atoms with Crippen molar-refractivity contribution in [2.45, 2.75) is 26.4 Å². The lowest BCUT2D eigenvalue weighted by Crippen LogP contribution is -2.09. The third-order valence-electron chi connectivity index (χ3n) is 3.85. The predicted molar refractivity (Wildman–Crippen MR) is 94.5 cm³/mol. The Morgan fingerprint density at radius 1 is 1.07 bits per heavy atom. The molecule has 0 fully saturated rings. The Balaban J connectivity index is 1.81. The molecule has 0 saturated heterocycles. The Morgan fingerprint density at radius 3 is 2.44 bits per heavy atom. The zero-order chi connectivity index (χ0) is 19.4. The van der Waals surface area contributed by atoms with Crippen LogP contribution in [0.1, 0.15) is 29.3 Å². The van der Waals surface area contributed by atoms with E-state index in [0.29, 0.717) is 5.58 Å². The van der Waals surface area contributed by atoms with Gasteiger partial charge in [-0.2, -0.15) is 8.78 Å². The van der Waals surface area contributed by atoms with Crippen molar-refractivity contribution in [3.63, 3.8) is 0 Å². The molecule has 0 aliphatic heterocycles. The van der Waals surface area contributed by atoms with Crippen LogP contribution in [-0.4, -0.2) is 12.6 Å². The lowest BCUT2D eigenvalue weighted by molar-refractivity contribution is -0.0498. The van der Waals surface area contributed by atoms with E-state index in [1.54, 1.807) is 12.1 Å². The van der Waals surface area contributed by atoms with Crippen LogP contribution in [0.15, 0.2) is 57.7 Å². The van der Waals surface area contributed by atoms with Gasteiger partial charge in [0.05, 0.1) is 5.56 Å². The third-order valence-corrected chi connectivity index (χ3v) is 3.85. The first-order valence-electron chi connectivity index (χ1n) is 8.30. The predicted octanol–water partition coefficient (Wildman–Crippen LogP) is 4.57. The van der Waals surface area contributed by atoms with Crippen LogP contribution in [-0.2, 0) is 6.42 Å². The van der Waals surface area contributed by atoms with E-state index >= 15 is 0 Å². The topological polar surface area (TPSA) is 65.7 Å². The molecule has 0 bridgehead atoms. The second-order valence-corrected chi connectivity index (χ2v) is 5.79. The minimum Gasteiger partial charge on any atom is -0.435 e. The first kappa shape index (κ1) is 18.6. The fourth-order valence-corrected chi connectivity index (χ4v) is 2.69. The van der Waals surface area contributed by atoms with Crippen LogP contribution < -0.4 is 15.1 Å². The van der Waals surface area contributed by atoms with Crippen molar-refractivity contribution in [2.75, 3.05) is 0 Å². The Bertz CT molecular complexity index is 1010. The smallest absolute Gasteiger partial charge is 0.387 e. The fraction of sp³-hybridized carbons (Fsp3) is 0.200. The first-order valence-corrected chi connectivity index (χ1v) is 8.30. The second-order valence-electron chi connectivity index (χ2n) is 5.79. The lowest BCUT2D eigenvalue weighted by Gasteiger charge is -2.08. The third kappa shape index (κ3) is 4.49. The summed E-state index contributed by atoms with van der Waals surface area (Å²) in [5.74, 6) is -0.528. The highest BCUT2D eigenvalue weighted by Gasteiger charge is 2.12. The molecule has 3 aromatic rings. The molecule has 0 aliphatic rings. The van der Waals surface area contributed by atoms with Gasteiger partial charge in [-0.1, -0.05) is 13.3 Å². The highest BCUT2D eigenvalue weighted by Crippen LogP contribution is 2.24. The van der Waals surface area contributed by atoms with Gasteiger partial charge in [-0.25, -0.2) is 9.59 Å². The summed E-state index contributed by atoms with van der Waals surface area (Å²) in [7, 11) is 0. The minimum atomic E-state index is -2.94. The van der Waals surface area contributed by atoms with Crippen molar-refractivity contribution in [3.8, 4) is 11.5 Å². The van der Waals surface area contributed by atoms with Gasteiger partial charge >= 0.3 is 18.2 Å². The average molecular weight is 374 g/mol. The summed E-state index contributed by atoms with van der Waals surface area (Å²) in [5.41, 5.74) is 0.898. The summed E-state index contributed by atoms with van der Waals surface area (Å²) in [5, 5.41) is 0.782. The summed E-state index contributed by atoms with van der Waals surface area (Å²) < 4.78 is 39.0. The number of fused-ring (bicyclic) bond motifs is 1. The Morgan fingerprint density at radius 2 is 1.78 bits per heavy atom. The van der Waals surface area contributed by atoms with Gasteiger partial charge in [0.2, 0.25) is 0 Å². The van der Waals surface area contributed by atoms with E-state index in [9.17, 15) is 18.4 Å². The summed E-state index contributed by atoms with van der Waals surface area (Å²) in [6, 6.07) is 11.4. The van der Waals surface area contributed by atoms with Crippen molar-refractivity contribution in [1.29, 1.82) is 0 Å². The van der Waals surface area contributed by atoms with E-state index in [1.807, 2.05) is 6.92 Å². The number of carbonyl (C=O) groups excluding carboxylic acids is 1. The second kappa shape index (κ2) is 7.99. The van der Waals surface area contributed by atoms with E-state index in [4.69, 9.17) is 9.15 Å². The van der Waals surface area contributed by atoms with Crippen molar-refractivity contribution in [2.24, 2.45) is 0 Å². The molecule has 0 amide bonds. The van der Waals surface area contributed by atoms with Gasteiger partial charge < -0.3 is 13.9 Å². The van der Waals surface area contributed by atoms with Crippen LogP contribution in [0.3, 0.4) is 0 Å². The molecule has 0 atom stereocenters. The van der Waals surface area contributed by atoms with Gasteiger partial charge in [-0.05, 0) is 48.4 Å². The van der Waals surface area contributed by atoms with Crippen LogP contribution in [0.25, 0.3) is 11.0 Å². The standard InChI is InChI=1S/C20H16F2O5/c1-2-3-13-10-18(23)27-17-11-15(8-9-16(13)17)25-19(24)12-4-6-14(7-5-12)26-20(21)22/h4-11,20H,2-3H2,1H3. The quantitative estimate of drug-likeness (QED) is 0.359. The number of hydrogen-bond donors (Lipinski definition) is 0. The Kier molecular flexibility index (Phi) is 5.49. The normalized spacial score (nSPS) is 11.0. The molecule has 0 aliphatic carbocycles. The van der Waals surface area contributed by atoms with Crippen molar-refractivity contribution >= 4 is 16.9 Å². The van der Waals surface area contributed by atoms with Gasteiger partial charge in [0.15, 0.2) is 0 Å². The SMILES string of the molecule is CCCc1cc(=O)oc2cc(OC(=O)c3ccc(OC(F)F)cc3)ccc12. The fourth-order valence-electron chi connectivity index (χ4n) is 2.69. The van der Waals surface area contributed by atoms with Crippen LogP contribution >= 0.6 is 0 Å². The first-order chi connectivity index (χ1) is 13.0. The highest BCUT2D eigenvalue weighted by atomic mass is 19.3. The maximum atomic E-state index is 12.2. The van der Waals surface area contributed by atoms with Crippen molar-refractivity contribution in [1.82, 2.24) is 0 Å². The number of benzene rings is 2. The van der Waals surface area contributed by atoms with E-state index in [1.165, 1.54) is 36.4 Å². The molecule has 140 valence electrons. The molecular formula is C20H16F2O5. The maximum absolute atomic E-state index is 12.2. The number of halogens is 2. The number of alkyl halides is 2. The zero-order valence-electron chi connectivity index (χ0n) is 14.4. The largest absolute Gasteiger partial charge is 0.435 e. The van der Waals surface area contributed by atoms with Gasteiger partial charge in [-0.15, -0.1) is 0 Å². The molecule has 3 rings (SSSR count). The molecule has 27 heavy (non-hydrogen) atoms. The van der Waals surface area contributed by atoms with Crippen LogP contribution in [0.5, 0.6) is 11.5 Å². The molecule has 2 aromatic carbocycles. The molecule has 0 unspecified atom stereocenters. The van der Waals surface area contributed by atoms with E-state index < -0.39 is 18.2 Å². The summed E-state index contributed by atoms with van der Waals surface area (Å²) in [6.45, 7) is -0.929. The van der Waals surface area contributed by atoms with Crippen molar-refractivity contribution in [3.05, 3.63) is 70.1 Å². The van der Waals surface area contributed by atoms with Gasteiger partial charge in [0.25, 0.3) is 0 Å². The van der Waals surface area contributed by atoms with Crippen LogP contribution in [0.4, 0.5) is 8.78 Å². The number of rotatable bonds is 6.